The highest BCUT2D eigenvalue weighted by Gasteiger charge is 2.48. The molecular weight excluding hydrogens is 500 g/mol. The van der Waals surface area contributed by atoms with Crippen molar-refractivity contribution in [2.75, 3.05) is 19.9 Å². The second-order valence-electron chi connectivity index (χ2n) is 8.95. The number of ether oxygens (including phenoxy) is 3. The highest BCUT2D eigenvalue weighted by atomic mass is 19.2. The minimum atomic E-state index is -0.996. The van der Waals surface area contributed by atoms with Crippen LogP contribution in [0.15, 0.2) is 59.5 Å². The fourth-order valence-corrected chi connectivity index (χ4v) is 5.35. The molecule has 1 amide bonds. The number of carbonyl (C=O) groups is 2. The fourth-order valence-electron chi connectivity index (χ4n) is 5.35. The molecule has 0 spiro atoms. The van der Waals surface area contributed by atoms with Crippen LogP contribution in [0.3, 0.4) is 0 Å². The van der Waals surface area contributed by atoms with Gasteiger partial charge in [0.25, 0.3) is 5.91 Å². The van der Waals surface area contributed by atoms with E-state index in [9.17, 15) is 18.8 Å². The van der Waals surface area contributed by atoms with Crippen molar-refractivity contribution in [3.05, 3.63) is 93.4 Å². The standard InChI is InChI=1S/C27H25F2N3O6/c1-2-36-27(35)38-15-37-25-20(33)14-30-32-23(19-12-7-13-31(19)26(34)24(25)32)21(16-8-4-3-5-9-16)17-10-6-11-18(28)22(17)29/h3-6,8-11,14,19,21,23H,2,7,12-13,15H2,1H3/t19-,21-,23-/m1/s1. The van der Waals surface area contributed by atoms with Crippen molar-refractivity contribution in [1.29, 1.82) is 0 Å². The van der Waals surface area contributed by atoms with Crippen LogP contribution in [0.1, 0.15) is 53.3 Å². The van der Waals surface area contributed by atoms with Crippen LogP contribution in [0.5, 0.6) is 5.75 Å². The van der Waals surface area contributed by atoms with E-state index in [1.165, 1.54) is 16.8 Å². The van der Waals surface area contributed by atoms with Crippen molar-refractivity contribution in [3.8, 4) is 5.75 Å². The summed E-state index contributed by atoms with van der Waals surface area (Å²) in [4.78, 5) is 39.6. The molecule has 1 aromatic heterocycles. The van der Waals surface area contributed by atoms with Crippen molar-refractivity contribution < 1.29 is 32.6 Å². The first-order chi connectivity index (χ1) is 18.4. The lowest BCUT2D eigenvalue weighted by molar-refractivity contribution is 0.00497. The zero-order valence-electron chi connectivity index (χ0n) is 20.5. The Balaban J connectivity index is 1.67. The topological polar surface area (TPSA) is 100.0 Å². The summed E-state index contributed by atoms with van der Waals surface area (Å²) in [5.74, 6) is -3.58. The number of halogens is 2. The van der Waals surface area contributed by atoms with Crippen LogP contribution in [0.2, 0.25) is 0 Å². The number of hydrogen-bond acceptors (Lipinski definition) is 7. The molecule has 0 saturated carbocycles. The second kappa shape index (κ2) is 10.6. The Bertz CT molecular complexity index is 1410. The SMILES string of the molecule is CCOC(=O)OCOc1c2n(ncc1=O)[C@@H]([C@H](c1ccccc1)c1cccc(F)c1F)[C@H]1CCCN1C2=O. The average Bonchev–Trinajstić information content (AvgIpc) is 3.40. The summed E-state index contributed by atoms with van der Waals surface area (Å²) in [7, 11) is 0. The molecule has 0 aliphatic carbocycles. The number of amides is 1. The van der Waals surface area contributed by atoms with E-state index >= 15 is 4.39 Å². The summed E-state index contributed by atoms with van der Waals surface area (Å²) in [6.07, 6.45) is 1.29. The van der Waals surface area contributed by atoms with Crippen molar-refractivity contribution >= 4 is 12.1 Å². The van der Waals surface area contributed by atoms with Gasteiger partial charge in [-0.3, -0.25) is 14.3 Å². The number of rotatable bonds is 7. The first kappa shape index (κ1) is 25.4. The lowest BCUT2D eigenvalue weighted by Gasteiger charge is -2.42. The van der Waals surface area contributed by atoms with Crippen molar-refractivity contribution in [1.82, 2.24) is 14.7 Å². The highest BCUT2D eigenvalue weighted by molar-refractivity contribution is 5.96. The summed E-state index contributed by atoms with van der Waals surface area (Å²) < 4.78 is 46.1. The molecule has 2 aliphatic heterocycles. The monoisotopic (exact) mass is 525 g/mol. The molecule has 2 aliphatic rings. The first-order valence-electron chi connectivity index (χ1n) is 12.3. The van der Waals surface area contributed by atoms with Gasteiger partial charge >= 0.3 is 6.16 Å². The van der Waals surface area contributed by atoms with Crippen molar-refractivity contribution in [2.24, 2.45) is 0 Å². The van der Waals surface area contributed by atoms with Gasteiger partial charge in [0.2, 0.25) is 18.0 Å². The van der Waals surface area contributed by atoms with Crippen molar-refractivity contribution in [2.45, 2.75) is 37.8 Å². The third-order valence-corrected chi connectivity index (χ3v) is 6.87. The van der Waals surface area contributed by atoms with Gasteiger partial charge in [0, 0.05) is 18.0 Å². The van der Waals surface area contributed by atoms with Gasteiger partial charge in [-0.05, 0) is 31.4 Å². The van der Waals surface area contributed by atoms with Crippen LogP contribution < -0.4 is 10.2 Å². The molecule has 5 rings (SSSR count). The van der Waals surface area contributed by atoms with E-state index in [1.807, 2.05) is 6.07 Å². The second-order valence-corrected chi connectivity index (χ2v) is 8.95. The predicted octanol–water partition coefficient (Wildman–Crippen LogP) is 4.02. The largest absolute Gasteiger partial charge is 0.511 e. The van der Waals surface area contributed by atoms with Gasteiger partial charge in [-0.25, -0.2) is 13.6 Å². The van der Waals surface area contributed by atoms with E-state index < -0.39 is 53.9 Å². The molecule has 38 heavy (non-hydrogen) atoms. The lowest BCUT2D eigenvalue weighted by Crippen LogP contribution is -2.51. The molecule has 3 aromatic rings. The molecule has 0 unspecified atom stereocenters. The number of benzene rings is 2. The zero-order valence-corrected chi connectivity index (χ0v) is 20.5. The van der Waals surface area contributed by atoms with E-state index in [0.29, 0.717) is 24.9 Å². The maximum atomic E-state index is 15.3. The van der Waals surface area contributed by atoms with Crippen LogP contribution >= 0.6 is 0 Å². The van der Waals surface area contributed by atoms with Gasteiger partial charge in [0.1, 0.15) is 0 Å². The van der Waals surface area contributed by atoms with Crippen LogP contribution in [-0.4, -0.2) is 52.7 Å². The first-order valence-corrected chi connectivity index (χ1v) is 12.3. The molecule has 3 heterocycles. The summed E-state index contributed by atoms with van der Waals surface area (Å²) in [5.41, 5.74) is -0.0581. The maximum absolute atomic E-state index is 15.3. The minimum Gasteiger partial charge on any atom is -0.451 e. The molecule has 9 nitrogen and oxygen atoms in total. The quantitative estimate of drug-likeness (QED) is 0.339. The molecule has 0 radical (unpaired) electrons. The molecule has 2 aromatic carbocycles. The maximum Gasteiger partial charge on any atom is 0.511 e. The van der Waals surface area contributed by atoms with E-state index in [1.54, 1.807) is 36.1 Å². The summed E-state index contributed by atoms with van der Waals surface area (Å²) >= 11 is 0. The summed E-state index contributed by atoms with van der Waals surface area (Å²) in [6.45, 7) is 1.42. The number of aromatic nitrogens is 2. The van der Waals surface area contributed by atoms with Gasteiger partial charge in [-0.1, -0.05) is 42.5 Å². The molecule has 1 fully saturated rings. The van der Waals surface area contributed by atoms with E-state index in [2.05, 4.69) is 9.84 Å². The smallest absolute Gasteiger partial charge is 0.451 e. The highest BCUT2D eigenvalue weighted by Crippen LogP contribution is 2.46. The third kappa shape index (κ3) is 4.48. The Morgan fingerprint density at radius 1 is 1.11 bits per heavy atom. The number of carbonyl (C=O) groups excluding carboxylic acids is 2. The molecule has 1 saturated heterocycles. The zero-order chi connectivity index (χ0) is 26.8. The average molecular weight is 526 g/mol. The molecular formula is C27H25F2N3O6. The van der Waals surface area contributed by atoms with E-state index in [4.69, 9.17) is 9.47 Å². The number of hydrogen-bond donors (Lipinski definition) is 0. The van der Waals surface area contributed by atoms with Gasteiger partial charge in [-0.2, -0.15) is 5.10 Å². The minimum absolute atomic E-state index is 0.0835. The van der Waals surface area contributed by atoms with E-state index in [-0.39, 0.29) is 23.6 Å². The third-order valence-electron chi connectivity index (χ3n) is 6.87. The molecule has 0 bridgehead atoms. The normalized spacial score (nSPS) is 18.9. The number of fused-ring (bicyclic) bond motifs is 2. The Kier molecular flexibility index (Phi) is 7.08. The molecule has 3 atom stereocenters. The Labute approximate surface area is 216 Å². The van der Waals surface area contributed by atoms with Crippen LogP contribution in [0.4, 0.5) is 13.6 Å². The van der Waals surface area contributed by atoms with Crippen molar-refractivity contribution in [3.63, 3.8) is 0 Å². The predicted molar refractivity (Wildman–Crippen MR) is 130 cm³/mol. The van der Waals surface area contributed by atoms with Gasteiger partial charge < -0.3 is 19.1 Å². The van der Waals surface area contributed by atoms with Crippen LogP contribution in [0, 0.1) is 11.6 Å². The van der Waals surface area contributed by atoms with Crippen LogP contribution in [0.25, 0.3) is 0 Å². The Morgan fingerprint density at radius 3 is 2.66 bits per heavy atom. The summed E-state index contributed by atoms with van der Waals surface area (Å²) in [6, 6.07) is 11.9. The van der Waals surface area contributed by atoms with Gasteiger partial charge in [0.15, 0.2) is 17.3 Å². The van der Waals surface area contributed by atoms with E-state index in [0.717, 1.165) is 12.3 Å². The Morgan fingerprint density at radius 2 is 1.89 bits per heavy atom. The number of nitrogens with zero attached hydrogens (tertiary/aromatic N) is 3. The lowest BCUT2D eigenvalue weighted by atomic mass is 9.79. The Hall–Kier alpha value is -4.28. The van der Waals surface area contributed by atoms with Gasteiger partial charge in [-0.15, -0.1) is 0 Å². The van der Waals surface area contributed by atoms with Gasteiger partial charge in [0.05, 0.1) is 24.9 Å². The fraction of sp³-hybridized carbons (Fsp3) is 0.333. The van der Waals surface area contributed by atoms with Crippen LogP contribution in [-0.2, 0) is 9.47 Å². The molecule has 11 heteroatoms. The molecule has 198 valence electrons. The summed E-state index contributed by atoms with van der Waals surface area (Å²) in [5, 5.41) is 4.30. The molecule has 0 N–H and O–H groups in total.